The van der Waals surface area contributed by atoms with Crippen molar-refractivity contribution in [2.45, 2.75) is 27.7 Å². The molecule has 0 amide bonds. The van der Waals surface area contributed by atoms with E-state index < -0.39 is 17.1 Å². The van der Waals surface area contributed by atoms with Gasteiger partial charge >= 0.3 is 17.1 Å². The van der Waals surface area contributed by atoms with Crippen LogP contribution in [0.15, 0.2) is 14.4 Å². The van der Waals surface area contributed by atoms with Crippen molar-refractivity contribution >= 4 is 0 Å². The highest BCUT2D eigenvalue weighted by Gasteiger charge is 1.95. The van der Waals surface area contributed by atoms with Crippen LogP contribution < -0.4 is 17.1 Å². The molecule has 86 valence electrons. The number of aromatic amines is 2. The molecule has 0 unspecified atom stereocenters. The first-order chi connectivity index (χ1) is 6.61. The maximum absolute atomic E-state index is 10.5. The third-order valence-corrected chi connectivity index (χ3v) is 1.05. The van der Waals surface area contributed by atoms with Crippen molar-refractivity contribution in [3.05, 3.63) is 31.5 Å². The fourth-order valence-corrected chi connectivity index (χ4v) is 0.485. The maximum atomic E-state index is 10.5. The Labute approximate surface area is 87.0 Å². The lowest BCUT2D eigenvalue weighted by Crippen LogP contribution is -2.41. The van der Waals surface area contributed by atoms with Gasteiger partial charge in [-0.3, -0.25) is 9.97 Å². The molecule has 0 aliphatic heterocycles. The first kappa shape index (κ1) is 13.4. The summed E-state index contributed by atoms with van der Waals surface area (Å²) < 4.78 is 0.765. The van der Waals surface area contributed by atoms with Gasteiger partial charge in [0.15, 0.2) is 0 Å². The molecule has 1 rings (SSSR count). The second kappa shape index (κ2) is 4.77. The minimum absolute atomic E-state index is 0.500. The molecule has 0 saturated carbocycles. The van der Waals surface area contributed by atoms with Gasteiger partial charge in [0.2, 0.25) is 0 Å². The van der Waals surface area contributed by atoms with E-state index in [1.807, 2.05) is 9.97 Å². The number of H-pyrrole nitrogens is 2. The molecule has 6 heteroatoms. The van der Waals surface area contributed by atoms with Gasteiger partial charge in [0, 0.05) is 7.05 Å². The standard InChI is InChI=1S/C5H12.C4H5N3O3/c1-5(2,3)4;1-7-3(9)5-2(8)6-4(7)10/h1-4H3;1H3,(H2,5,6,8,9,10). The molecule has 0 aliphatic rings. The molecule has 0 saturated heterocycles. The lowest BCUT2D eigenvalue weighted by Gasteiger charge is -2.05. The van der Waals surface area contributed by atoms with Crippen LogP contribution in [-0.2, 0) is 7.05 Å². The Morgan fingerprint density at radius 3 is 1.47 bits per heavy atom. The summed E-state index contributed by atoms with van der Waals surface area (Å²) in [6, 6.07) is 0. The second-order valence-corrected chi connectivity index (χ2v) is 4.75. The van der Waals surface area contributed by atoms with E-state index in [1.165, 1.54) is 7.05 Å². The third kappa shape index (κ3) is 6.48. The van der Waals surface area contributed by atoms with Crippen LogP contribution in [0.2, 0.25) is 0 Å². The number of rotatable bonds is 0. The Kier molecular flexibility index (Phi) is 4.26. The number of aromatic nitrogens is 3. The molecule has 6 nitrogen and oxygen atoms in total. The fourth-order valence-electron chi connectivity index (χ4n) is 0.485. The maximum Gasteiger partial charge on any atom is 0.333 e. The van der Waals surface area contributed by atoms with E-state index in [4.69, 9.17) is 0 Å². The average Bonchev–Trinajstić information content (AvgIpc) is 1.96. The Balaban J connectivity index is 0.000000336. The number of hydrogen-bond donors (Lipinski definition) is 2. The number of hydrogen-bond acceptors (Lipinski definition) is 3. The molecule has 1 aromatic rings. The Bertz CT molecular complexity index is 433. The molecule has 0 atom stereocenters. The summed E-state index contributed by atoms with van der Waals surface area (Å²) in [5.41, 5.74) is -1.71. The minimum atomic E-state index is -0.784. The van der Waals surface area contributed by atoms with E-state index in [0.717, 1.165) is 4.57 Å². The van der Waals surface area contributed by atoms with Crippen LogP contribution in [-0.4, -0.2) is 14.5 Å². The van der Waals surface area contributed by atoms with Crippen molar-refractivity contribution < 1.29 is 0 Å². The van der Waals surface area contributed by atoms with Crippen molar-refractivity contribution in [3.63, 3.8) is 0 Å². The smallest absolute Gasteiger partial charge is 0.259 e. The monoisotopic (exact) mass is 215 g/mol. The molecule has 0 fully saturated rings. The molecule has 0 aliphatic carbocycles. The summed E-state index contributed by atoms with van der Waals surface area (Å²) in [6.07, 6.45) is 0. The molecule has 1 heterocycles. The van der Waals surface area contributed by atoms with Gasteiger partial charge < -0.3 is 0 Å². The van der Waals surface area contributed by atoms with Crippen LogP contribution >= 0.6 is 0 Å². The van der Waals surface area contributed by atoms with Gasteiger partial charge in [-0.05, 0) is 5.41 Å². The number of nitrogens with zero attached hydrogens (tertiary/aromatic N) is 1. The zero-order valence-electron chi connectivity index (χ0n) is 9.67. The minimum Gasteiger partial charge on any atom is -0.259 e. The van der Waals surface area contributed by atoms with Crippen molar-refractivity contribution in [1.29, 1.82) is 0 Å². The van der Waals surface area contributed by atoms with Gasteiger partial charge in [0.05, 0.1) is 0 Å². The largest absolute Gasteiger partial charge is 0.333 e. The van der Waals surface area contributed by atoms with Crippen molar-refractivity contribution in [2.24, 2.45) is 12.5 Å². The van der Waals surface area contributed by atoms with E-state index in [0.29, 0.717) is 5.41 Å². The second-order valence-electron chi connectivity index (χ2n) is 4.75. The molecular formula is C9H17N3O3. The van der Waals surface area contributed by atoms with E-state index >= 15 is 0 Å². The molecule has 0 bridgehead atoms. The SMILES string of the molecule is CC(C)(C)C.Cn1c(=O)[nH]c(=O)[nH]c1=O. The fraction of sp³-hybridized carbons (Fsp3) is 0.667. The Morgan fingerprint density at radius 1 is 0.933 bits per heavy atom. The van der Waals surface area contributed by atoms with E-state index in [2.05, 4.69) is 27.7 Å². The zero-order chi connectivity index (χ0) is 12.2. The normalized spacial score (nSPS) is 10.5. The van der Waals surface area contributed by atoms with Crippen LogP contribution in [0.1, 0.15) is 27.7 Å². The topological polar surface area (TPSA) is 87.7 Å². The summed E-state index contributed by atoms with van der Waals surface area (Å²) in [7, 11) is 1.26. The summed E-state index contributed by atoms with van der Waals surface area (Å²) in [5.74, 6) is 0. The highest BCUT2D eigenvalue weighted by Crippen LogP contribution is 2.07. The molecular weight excluding hydrogens is 198 g/mol. The lowest BCUT2D eigenvalue weighted by atomic mass is 10.0. The van der Waals surface area contributed by atoms with Crippen molar-refractivity contribution in [2.75, 3.05) is 0 Å². The molecule has 1 aromatic heterocycles. The van der Waals surface area contributed by atoms with Gasteiger partial charge in [-0.2, -0.15) is 0 Å². The quantitative estimate of drug-likeness (QED) is 0.629. The van der Waals surface area contributed by atoms with E-state index in [-0.39, 0.29) is 0 Å². The summed E-state index contributed by atoms with van der Waals surface area (Å²) in [5, 5.41) is 0. The summed E-state index contributed by atoms with van der Waals surface area (Å²) in [4.78, 5) is 35.2. The van der Waals surface area contributed by atoms with Crippen LogP contribution in [0, 0.1) is 5.41 Å². The van der Waals surface area contributed by atoms with Crippen molar-refractivity contribution in [1.82, 2.24) is 14.5 Å². The molecule has 0 radical (unpaired) electrons. The highest BCUT2D eigenvalue weighted by molar-refractivity contribution is 4.65. The first-order valence-electron chi connectivity index (χ1n) is 4.51. The summed E-state index contributed by atoms with van der Waals surface area (Å²) >= 11 is 0. The highest BCUT2D eigenvalue weighted by atomic mass is 16.2. The molecule has 0 spiro atoms. The first-order valence-corrected chi connectivity index (χ1v) is 4.51. The van der Waals surface area contributed by atoms with Crippen LogP contribution in [0.3, 0.4) is 0 Å². The lowest BCUT2D eigenvalue weighted by molar-refractivity contribution is 0.469. The van der Waals surface area contributed by atoms with E-state index in [9.17, 15) is 14.4 Å². The van der Waals surface area contributed by atoms with Gasteiger partial charge in [0.25, 0.3) is 0 Å². The predicted molar refractivity (Wildman–Crippen MR) is 58.1 cm³/mol. The molecule has 15 heavy (non-hydrogen) atoms. The number of nitrogens with one attached hydrogen (secondary N) is 2. The molecule has 0 aromatic carbocycles. The average molecular weight is 215 g/mol. The van der Waals surface area contributed by atoms with Gasteiger partial charge in [-0.25, -0.2) is 19.0 Å². The van der Waals surface area contributed by atoms with Gasteiger partial charge in [-0.1, -0.05) is 27.7 Å². The Morgan fingerprint density at radius 2 is 1.20 bits per heavy atom. The predicted octanol–water partition coefficient (Wildman–Crippen LogP) is -0.186. The molecule has 2 N–H and O–H groups in total. The van der Waals surface area contributed by atoms with Crippen LogP contribution in [0.5, 0.6) is 0 Å². The van der Waals surface area contributed by atoms with Gasteiger partial charge in [-0.15, -0.1) is 0 Å². The van der Waals surface area contributed by atoms with Crippen LogP contribution in [0.25, 0.3) is 0 Å². The van der Waals surface area contributed by atoms with Crippen LogP contribution in [0.4, 0.5) is 0 Å². The van der Waals surface area contributed by atoms with Crippen molar-refractivity contribution in [3.8, 4) is 0 Å². The Hall–Kier alpha value is -1.59. The summed E-state index contributed by atoms with van der Waals surface area (Å²) in [6.45, 7) is 8.75. The third-order valence-electron chi connectivity index (χ3n) is 1.05. The zero-order valence-corrected chi connectivity index (χ0v) is 9.67. The van der Waals surface area contributed by atoms with Gasteiger partial charge in [0.1, 0.15) is 0 Å². The van der Waals surface area contributed by atoms with E-state index in [1.54, 1.807) is 0 Å².